The standard InChI is InChI=1S/C18H18N2O3/c1-3-23-18(21)16-10-14-8-9-20(17(14)11-19-16)12-13-4-6-15(22-2)7-5-13/h4-11H,3,12H2,1-2H3. The minimum absolute atomic E-state index is 0.335. The normalized spacial score (nSPS) is 10.7. The molecule has 0 aliphatic rings. The third-order valence-corrected chi connectivity index (χ3v) is 3.65. The number of nitrogens with zero attached hydrogens (tertiary/aromatic N) is 2. The Morgan fingerprint density at radius 3 is 2.70 bits per heavy atom. The summed E-state index contributed by atoms with van der Waals surface area (Å²) in [5.74, 6) is 0.448. The van der Waals surface area contributed by atoms with Crippen LogP contribution in [0.2, 0.25) is 0 Å². The van der Waals surface area contributed by atoms with Gasteiger partial charge in [0.25, 0.3) is 0 Å². The van der Waals surface area contributed by atoms with Crippen molar-refractivity contribution in [2.75, 3.05) is 13.7 Å². The van der Waals surface area contributed by atoms with Crippen LogP contribution >= 0.6 is 0 Å². The van der Waals surface area contributed by atoms with E-state index in [9.17, 15) is 4.79 Å². The second-order valence-electron chi connectivity index (χ2n) is 5.14. The number of ether oxygens (including phenoxy) is 2. The lowest BCUT2D eigenvalue weighted by molar-refractivity contribution is 0.0519. The highest BCUT2D eigenvalue weighted by molar-refractivity contribution is 5.92. The quantitative estimate of drug-likeness (QED) is 0.679. The van der Waals surface area contributed by atoms with Gasteiger partial charge in [-0.1, -0.05) is 12.1 Å². The number of methoxy groups -OCH3 is 1. The molecule has 1 aromatic carbocycles. The average molecular weight is 310 g/mol. The van der Waals surface area contributed by atoms with Crippen molar-refractivity contribution in [3.63, 3.8) is 0 Å². The summed E-state index contributed by atoms with van der Waals surface area (Å²) >= 11 is 0. The van der Waals surface area contributed by atoms with Crippen molar-refractivity contribution >= 4 is 16.9 Å². The lowest BCUT2D eigenvalue weighted by Gasteiger charge is -2.07. The van der Waals surface area contributed by atoms with E-state index in [1.807, 2.05) is 36.5 Å². The molecular weight excluding hydrogens is 292 g/mol. The molecule has 0 saturated carbocycles. The van der Waals surface area contributed by atoms with E-state index in [2.05, 4.69) is 9.55 Å². The highest BCUT2D eigenvalue weighted by Gasteiger charge is 2.10. The van der Waals surface area contributed by atoms with Gasteiger partial charge in [-0.25, -0.2) is 9.78 Å². The Hall–Kier alpha value is -2.82. The van der Waals surface area contributed by atoms with E-state index in [-0.39, 0.29) is 0 Å². The lowest BCUT2D eigenvalue weighted by atomic mass is 10.2. The van der Waals surface area contributed by atoms with Crippen LogP contribution in [0.1, 0.15) is 23.0 Å². The van der Waals surface area contributed by atoms with E-state index < -0.39 is 5.97 Å². The van der Waals surface area contributed by atoms with Crippen molar-refractivity contribution in [1.29, 1.82) is 0 Å². The van der Waals surface area contributed by atoms with Crippen LogP contribution in [0, 0.1) is 0 Å². The van der Waals surface area contributed by atoms with Crippen LogP contribution in [0.25, 0.3) is 10.9 Å². The largest absolute Gasteiger partial charge is 0.497 e. The van der Waals surface area contributed by atoms with E-state index in [0.717, 1.165) is 28.8 Å². The Balaban J connectivity index is 1.85. The van der Waals surface area contributed by atoms with Gasteiger partial charge in [-0.2, -0.15) is 0 Å². The molecule has 23 heavy (non-hydrogen) atoms. The summed E-state index contributed by atoms with van der Waals surface area (Å²) < 4.78 is 12.2. The molecule has 0 aliphatic carbocycles. The molecule has 0 saturated heterocycles. The number of hydrogen-bond donors (Lipinski definition) is 0. The van der Waals surface area contributed by atoms with Crippen molar-refractivity contribution in [3.8, 4) is 5.75 Å². The fourth-order valence-electron chi connectivity index (χ4n) is 2.47. The van der Waals surface area contributed by atoms with E-state index >= 15 is 0 Å². The molecule has 3 rings (SSSR count). The van der Waals surface area contributed by atoms with Crippen molar-refractivity contribution < 1.29 is 14.3 Å². The highest BCUT2D eigenvalue weighted by atomic mass is 16.5. The topological polar surface area (TPSA) is 53.4 Å². The summed E-state index contributed by atoms with van der Waals surface area (Å²) in [5, 5.41) is 0.969. The first-order chi connectivity index (χ1) is 11.2. The maximum atomic E-state index is 11.7. The van der Waals surface area contributed by atoms with Gasteiger partial charge < -0.3 is 14.0 Å². The second kappa shape index (κ2) is 6.52. The number of aromatic nitrogens is 2. The summed E-state index contributed by atoms with van der Waals surface area (Å²) in [5.41, 5.74) is 2.48. The lowest BCUT2D eigenvalue weighted by Crippen LogP contribution is -2.07. The van der Waals surface area contributed by atoms with Gasteiger partial charge in [-0.05, 0) is 36.8 Å². The zero-order valence-electron chi connectivity index (χ0n) is 13.2. The van der Waals surface area contributed by atoms with Gasteiger partial charge in [-0.15, -0.1) is 0 Å². The average Bonchev–Trinajstić information content (AvgIpc) is 2.98. The van der Waals surface area contributed by atoms with Gasteiger partial charge >= 0.3 is 5.97 Å². The van der Waals surface area contributed by atoms with Gasteiger partial charge in [0.15, 0.2) is 0 Å². The van der Waals surface area contributed by atoms with E-state index in [4.69, 9.17) is 9.47 Å². The van der Waals surface area contributed by atoms with Crippen LogP contribution in [0.3, 0.4) is 0 Å². The van der Waals surface area contributed by atoms with Crippen molar-refractivity contribution in [2.45, 2.75) is 13.5 Å². The van der Waals surface area contributed by atoms with Gasteiger partial charge in [0.2, 0.25) is 0 Å². The predicted molar refractivity (Wildman–Crippen MR) is 87.8 cm³/mol. The maximum Gasteiger partial charge on any atom is 0.356 e. The Labute approximate surface area is 134 Å². The summed E-state index contributed by atoms with van der Waals surface area (Å²) in [7, 11) is 1.65. The van der Waals surface area contributed by atoms with Crippen molar-refractivity contribution in [2.24, 2.45) is 0 Å². The Morgan fingerprint density at radius 1 is 1.22 bits per heavy atom. The first-order valence-electron chi connectivity index (χ1n) is 7.46. The van der Waals surface area contributed by atoms with E-state index in [0.29, 0.717) is 12.3 Å². The first-order valence-corrected chi connectivity index (χ1v) is 7.46. The molecule has 0 unspecified atom stereocenters. The fourth-order valence-corrected chi connectivity index (χ4v) is 2.47. The number of fused-ring (bicyclic) bond motifs is 1. The van der Waals surface area contributed by atoms with Crippen molar-refractivity contribution in [1.82, 2.24) is 9.55 Å². The van der Waals surface area contributed by atoms with Gasteiger partial charge in [0.1, 0.15) is 11.4 Å². The fraction of sp³-hybridized carbons (Fsp3) is 0.222. The molecule has 118 valence electrons. The molecule has 0 fully saturated rings. The predicted octanol–water partition coefficient (Wildman–Crippen LogP) is 3.27. The molecule has 0 amide bonds. The molecule has 0 radical (unpaired) electrons. The van der Waals surface area contributed by atoms with Gasteiger partial charge in [-0.3, -0.25) is 0 Å². The van der Waals surface area contributed by atoms with Crippen LogP contribution in [0.4, 0.5) is 0 Å². The molecule has 0 aliphatic heterocycles. The highest BCUT2D eigenvalue weighted by Crippen LogP contribution is 2.19. The molecule has 0 atom stereocenters. The second-order valence-corrected chi connectivity index (χ2v) is 5.14. The zero-order valence-corrected chi connectivity index (χ0v) is 13.2. The van der Waals surface area contributed by atoms with E-state index in [1.165, 1.54) is 0 Å². The molecule has 0 spiro atoms. The summed E-state index contributed by atoms with van der Waals surface area (Å²) in [6.07, 6.45) is 3.70. The zero-order chi connectivity index (χ0) is 16.2. The van der Waals surface area contributed by atoms with E-state index in [1.54, 1.807) is 26.3 Å². The minimum Gasteiger partial charge on any atom is -0.497 e. The van der Waals surface area contributed by atoms with Crippen LogP contribution in [0.15, 0.2) is 48.8 Å². The number of hydrogen-bond acceptors (Lipinski definition) is 4. The summed E-state index contributed by atoms with van der Waals surface area (Å²) in [4.78, 5) is 16.0. The third-order valence-electron chi connectivity index (χ3n) is 3.65. The molecule has 0 N–H and O–H groups in total. The molecule has 3 aromatic rings. The summed E-state index contributed by atoms with van der Waals surface area (Å²) in [6, 6.07) is 11.7. The molecule has 0 bridgehead atoms. The molecule has 2 heterocycles. The van der Waals surface area contributed by atoms with Gasteiger partial charge in [0, 0.05) is 18.1 Å². The Bertz CT molecular complexity index is 822. The molecule has 2 aromatic heterocycles. The molecule has 5 heteroatoms. The first kappa shape index (κ1) is 15.1. The number of rotatable bonds is 5. The number of pyridine rings is 1. The van der Waals surface area contributed by atoms with Crippen molar-refractivity contribution in [3.05, 3.63) is 60.0 Å². The Kier molecular flexibility index (Phi) is 4.28. The maximum absolute atomic E-state index is 11.7. The Morgan fingerprint density at radius 2 is 2.00 bits per heavy atom. The number of carbonyl (C=O) groups is 1. The molecule has 5 nitrogen and oxygen atoms in total. The van der Waals surface area contributed by atoms with Gasteiger partial charge in [0.05, 0.1) is 25.4 Å². The smallest absolute Gasteiger partial charge is 0.356 e. The SMILES string of the molecule is CCOC(=O)c1cc2ccn(Cc3ccc(OC)cc3)c2cn1. The third kappa shape index (κ3) is 3.18. The van der Waals surface area contributed by atoms with Crippen LogP contribution in [-0.4, -0.2) is 29.2 Å². The monoisotopic (exact) mass is 310 g/mol. The number of carbonyl (C=O) groups excluding carboxylic acids is 1. The van der Waals surface area contributed by atoms with Crippen LogP contribution in [0.5, 0.6) is 5.75 Å². The number of esters is 1. The molecular formula is C18H18N2O3. The number of benzene rings is 1. The summed E-state index contributed by atoms with van der Waals surface area (Å²) in [6.45, 7) is 2.85. The van der Waals surface area contributed by atoms with Crippen LogP contribution in [-0.2, 0) is 11.3 Å². The minimum atomic E-state index is -0.391. The van der Waals surface area contributed by atoms with Crippen LogP contribution < -0.4 is 4.74 Å².